The van der Waals surface area contributed by atoms with Crippen LogP contribution in [0.15, 0.2) is 12.3 Å². The fourth-order valence-electron chi connectivity index (χ4n) is 2.61. The maximum atomic E-state index is 5.77. The van der Waals surface area contributed by atoms with Gasteiger partial charge in [0.25, 0.3) is 0 Å². The maximum Gasteiger partial charge on any atom is 0.0764 e. The average Bonchev–Trinajstić information content (AvgIpc) is 2.95. The lowest BCUT2D eigenvalue weighted by Crippen LogP contribution is -2.26. The van der Waals surface area contributed by atoms with Crippen molar-refractivity contribution in [3.63, 3.8) is 0 Å². The summed E-state index contributed by atoms with van der Waals surface area (Å²) in [6, 6.07) is 3.08. The molecular weight excluding hydrogens is 224 g/mol. The molecule has 1 heterocycles. The normalized spacial score (nSPS) is 18.7. The van der Waals surface area contributed by atoms with Crippen molar-refractivity contribution in [2.45, 2.75) is 57.7 Å². The Kier molecular flexibility index (Phi) is 4.78. The highest BCUT2D eigenvalue weighted by molar-refractivity contribution is 5.00. The van der Waals surface area contributed by atoms with E-state index in [9.17, 15) is 0 Å². The fraction of sp³-hybridized carbons (Fsp3) is 0.786. The molecule has 0 saturated heterocycles. The molecule has 1 unspecified atom stereocenters. The summed E-state index contributed by atoms with van der Waals surface area (Å²) < 4.78 is 2.17. The van der Waals surface area contributed by atoms with Gasteiger partial charge in [0.05, 0.1) is 11.7 Å². The van der Waals surface area contributed by atoms with Crippen molar-refractivity contribution >= 4 is 0 Å². The van der Waals surface area contributed by atoms with Crippen molar-refractivity contribution in [1.29, 1.82) is 0 Å². The van der Waals surface area contributed by atoms with E-state index in [1.807, 2.05) is 0 Å². The summed E-state index contributed by atoms with van der Waals surface area (Å²) in [6.45, 7) is 4.02. The van der Waals surface area contributed by atoms with Crippen LogP contribution < -0.4 is 5.73 Å². The summed E-state index contributed by atoms with van der Waals surface area (Å²) in [5, 5.41) is 4.70. The Balaban J connectivity index is 1.82. The Bertz CT molecular complexity index is 352. The molecule has 0 radical (unpaired) electrons. The third-order valence-corrected chi connectivity index (χ3v) is 3.76. The maximum absolute atomic E-state index is 5.77. The lowest BCUT2D eigenvalue weighted by Gasteiger charge is -2.16. The van der Waals surface area contributed by atoms with E-state index in [2.05, 4.69) is 35.8 Å². The zero-order valence-corrected chi connectivity index (χ0v) is 11.7. The number of nitrogens with zero attached hydrogens (tertiary/aromatic N) is 3. The molecule has 0 bridgehead atoms. The standard InChI is InChI=1S/C14H26N4/c1-12(15)7-9-17(2)11-13-8-10-18(16-13)14-5-3-4-6-14/h8,10,12,14H,3-7,9,11,15H2,1-2H3. The van der Waals surface area contributed by atoms with Crippen LogP contribution in [-0.4, -0.2) is 34.3 Å². The predicted molar refractivity (Wildman–Crippen MR) is 74.3 cm³/mol. The van der Waals surface area contributed by atoms with Crippen molar-refractivity contribution in [2.24, 2.45) is 5.73 Å². The Morgan fingerprint density at radius 1 is 1.50 bits per heavy atom. The highest BCUT2D eigenvalue weighted by Gasteiger charge is 2.17. The number of hydrogen-bond acceptors (Lipinski definition) is 3. The molecule has 0 amide bonds. The van der Waals surface area contributed by atoms with Gasteiger partial charge >= 0.3 is 0 Å². The average molecular weight is 250 g/mol. The number of rotatable bonds is 6. The van der Waals surface area contributed by atoms with Crippen molar-refractivity contribution < 1.29 is 0 Å². The van der Waals surface area contributed by atoms with E-state index in [0.29, 0.717) is 6.04 Å². The first-order chi connectivity index (χ1) is 8.65. The van der Waals surface area contributed by atoms with Crippen LogP contribution in [0.4, 0.5) is 0 Å². The first-order valence-electron chi connectivity index (χ1n) is 7.13. The van der Waals surface area contributed by atoms with Gasteiger partial charge in [-0.25, -0.2) is 0 Å². The second kappa shape index (κ2) is 6.34. The van der Waals surface area contributed by atoms with E-state index in [4.69, 9.17) is 10.8 Å². The molecule has 1 aromatic heterocycles. The third kappa shape index (κ3) is 3.82. The number of hydrogen-bond donors (Lipinski definition) is 1. The van der Waals surface area contributed by atoms with E-state index in [-0.39, 0.29) is 6.04 Å². The molecule has 0 spiro atoms. The van der Waals surface area contributed by atoms with Crippen LogP contribution in [0.5, 0.6) is 0 Å². The topological polar surface area (TPSA) is 47.1 Å². The SMILES string of the molecule is CC(N)CCN(C)Cc1ccn(C2CCCC2)n1. The molecule has 4 heteroatoms. The van der Waals surface area contributed by atoms with E-state index in [1.165, 1.54) is 31.4 Å². The lowest BCUT2D eigenvalue weighted by atomic mass is 10.2. The van der Waals surface area contributed by atoms with E-state index < -0.39 is 0 Å². The Morgan fingerprint density at radius 3 is 2.89 bits per heavy atom. The van der Waals surface area contributed by atoms with Crippen molar-refractivity contribution in [3.8, 4) is 0 Å². The van der Waals surface area contributed by atoms with Gasteiger partial charge in [0.15, 0.2) is 0 Å². The van der Waals surface area contributed by atoms with Crippen molar-refractivity contribution in [2.75, 3.05) is 13.6 Å². The molecule has 1 aliphatic carbocycles. The van der Waals surface area contributed by atoms with E-state index >= 15 is 0 Å². The molecule has 1 saturated carbocycles. The van der Waals surface area contributed by atoms with Gasteiger partial charge in [-0.3, -0.25) is 4.68 Å². The van der Waals surface area contributed by atoms with Gasteiger partial charge in [-0.05, 0) is 45.8 Å². The van der Waals surface area contributed by atoms with E-state index in [0.717, 1.165) is 19.5 Å². The second-order valence-corrected chi connectivity index (χ2v) is 5.73. The van der Waals surface area contributed by atoms with Crippen LogP contribution in [0.2, 0.25) is 0 Å². The zero-order chi connectivity index (χ0) is 13.0. The largest absolute Gasteiger partial charge is 0.328 e. The smallest absolute Gasteiger partial charge is 0.0764 e. The summed E-state index contributed by atoms with van der Waals surface area (Å²) in [6.07, 6.45) is 8.48. The summed E-state index contributed by atoms with van der Waals surface area (Å²) >= 11 is 0. The Morgan fingerprint density at radius 2 is 2.22 bits per heavy atom. The van der Waals surface area contributed by atoms with Gasteiger partial charge < -0.3 is 10.6 Å². The van der Waals surface area contributed by atoms with Crippen molar-refractivity contribution in [1.82, 2.24) is 14.7 Å². The van der Waals surface area contributed by atoms with Gasteiger partial charge in [0, 0.05) is 18.8 Å². The highest BCUT2D eigenvalue weighted by atomic mass is 15.3. The first-order valence-corrected chi connectivity index (χ1v) is 7.13. The third-order valence-electron chi connectivity index (χ3n) is 3.76. The van der Waals surface area contributed by atoms with Gasteiger partial charge in [-0.1, -0.05) is 12.8 Å². The fourth-order valence-corrected chi connectivity index (χ4v) is 2.61. The molecule has 18 heavy (non-hydrogen) atoms. The summed E-state index contributed by atoms with van der Waals surface area (Å²) in [5.41, 5.74) is 6.95. The molecule has 102 valence electrons. The molecule has 2 rings (SSSR count). The monoisotopic (exact) mass is 250 g/mol. The number of nitrogens with two attached hydrogens (primary N) is 1. The minimum Gasteiger partial charge on any atom is -0.328 e. The van der Waals surface area contributed by atoms with Crippen LogP contribution in [-0.2, 0) is 6.54 Å². The van der Waals surface area contributed by atoms with E-state index in [1.54, 1.807) is 0 Å². The molecule has 1 atom stereocenters. The van der Waals surface area contributed by atoms with Crippen LogP contribution in [0, 0.1) is 0 Å². The molecular formula is C14H26N4. The van der Waals surface area contributed by atoms with Crippen LogP contribution in [0.1, 0.15) is 50.8 Å². The number of aromatic nitrogens is 2. The molecule has 0 aliphatic heterocycles. The molecule has 2 N–H and O–H groups in total. The highest BCUT2D eigenvalue weighted by Crippen LogP contribution is 2.28. The summed E-state index contributed by atoms with van der Waals surface area (Å²) in [7, 11) is 2.14. The lowest BCUT2D eigenvalue weighted by molar-refractivity contribution is 0.307. The van der Waals surface area contributed by atoms with Crippen LogP contribution >= 0.6 is 0 Å². The van der Waals surface area contributed by atoms with Gasteiger partial charge in [-0.2, -0.15) is 5.10 Å². The van der Waals surface area contributed by atoms with Crippen molar-refractivity contribution in [3.05, 3.63) is 18.0 Å². The molecule has 1 fully saturated rings. The molecule has 1 aromatic rings. The second-order valence-electron chi connectivity index (χ2n) is 5.73. The van der Waals surface area contributed by atoms with Crippen LogP contribution in [0.25, 0.3) is 0 Å². The molecule has 4 nitrogen and oxygen atoms in total. The minimum absolute atomic E-state index is 0.281. The van der Waals surface area contributed by atoms with Gasteiger partial charge in [-0.15, -0.1) is 0 Å². The van der Waals surface area contributed by atoms with Crippen LogP contribution in [0.3, 0.4) is 0 Å². The quantitative estimate of drug-likeness (QED) is 0.841. The Hall–Kier alpha value is -0.870. The molecule has 1 aliphatic rings. The van der Waals surface area contributed by atoms with Gasteiger partial charge in [0.1, 0.15) is 0 Å². The first kappa shape index (κ1) is 13.6. The Labute approximate surface area is 110 Å². The predicted octanol–water partition coefficient (Wildman–Crippen LogP) is 2.17. The minimum atomic E-state index is 0.281. The molecule has 0 aromatic carbocycles. The summed E-state index contributed by atoms with van der Waals surface area (Å²) in [4.78, 5) is 2.30. The summed E-state index contributed by atoms with van der Waals surface area (Å²) in [5.74, 6) is 0. The zero-order valence-electron chi connectivity index (χ0n) is 11.7. The van der Waals surface area contributed by atoms with Gasteiger partial charge in [0.2, 0.25) is 0 Å².